The molecule has 7 nitrogen and oxygen atoms in total. The maximum Gasteiger partial charge on any atom is 0.228 e. The lowest BCUT2D eigenvalue weighted by Crippen LogP contribution is -2.27. The first kappa shape index (κ1) is 21.0. The minimum absolute atomic E-state index is 0.0223. The minimum Gasteiger partial charge on any atom is -0.354 e. The fourth-order valence-corrected chi connectivity index (χ4v) is 4.06. The molecule has 0 unspecified atom stereocenters. The van der Waals surface area contributed by atoms with Gasteiger partial charge in [-0.2, -0.15) is 0 Å². The highest BCUT2D eigenvalue weighted by molar-refractivity contribution is 5.96. The molecule has 0 aliphatic carbocycles. The van der Waals surface area contributed by atoms with E-state index in [0.717, 1.165) is 29.1 Å². The Hall–Kier alpha value is -3.85. The lowest BCUT2D eigenvalue weighted by atomic mass is 10.1. The molecule has 1 fully saturated rings. The van der Waals surface area contributed by atoms with Crippen LogP contribution in [0.2, 0.25) is 0 Å². The Morgan fingerprint density at radius 3 is 2.64 bits per heavy atom. The van der Waals surface area contributed by atoms with Gasteiger partial charge in [0.2, 0.25) is 5.91 Å². The molecule has 2 aromatic heterocycles. The van der Waals surface area contributed by atoms with Crippen LogP contribution in [-0.2, 0) is 11.3 Å². The summed E-state index contributed by atoms with van der Waals surface area (Å²) in [6, 6.07) is 14.5. The van der Waals surface area contributed by atoms with Crippen LogP contribution in [0.4, 0.5) is 20.3 Å². The van der Waals surface area contributed by atoms with Gasteiger partial charge in [-0.3, -0.25) is 4.79 Å². The third-order valence-electron chi connectivity index (χ3n) is 5.78. The van der Waals surface area contributed by atoms with Crippen LogP contribution in [0.5, 0.6) is 0 Å². The zero-order chi connectivity index (χ0) is 23.1. The smallest absolute Gasteiger partial charge is 0.228 e. The number of imidazole rings is 1. The predicted octanol–water partition coefficient (Wildman–Crippen LogP) is 3.37. The molecule has 0 saturated carbocycles. The quantitative estimate of drug-likeness (QED) is 0.506. The average molecular weight is 448 g/mol. The van der Waals surface area contributed by atoms with Gasteiger partial charge >= 0.3 is 0 Å². The molecular formula is C24H22F2N6O. The van der Waals surface area contributed by atoms with Crippen LogP contribution in [0.25, 0.3) is 16.9 Å². The Kier molecular flexibility index (Phi) is 5.26. The fraction of sp³-hybridized carbons (Fsp3) is 0.208. The van der Waals surface area contributed by atoms with E-state index in [2.05, 4.69) is 10.1 Å². The molecule has 0 radical (unpaired) electrons. The van der Waals surface area contributed by atoms with E-state index in [1.165, 1.54) is 6.07 Å². The second kappa shape index (κ2) is 8.25. The van der Waals surface area contributed by atoms with Crippen LogP contribution in [0.15, 0.2) is 60.8 Å². The van der Waals surface area contributed by atoms with Crippen molar-refractivity contribution in [2.24, 2.45) is 5.73 Å². The molecule has 4 aromatic rings. The van der Waals surface area contributed by atoms with Crippen LogP contribution >= 0.6 is 0 Å². The number of nitrogens with zero attached hydrogens (tertiary/aromatic N) is 5. The Labute approximate surface area is 189 Å². The van der Waals surface area contributed by atoms with Crippen molar-refractivity contribution in [2.75, 3.05) is 23.4 Å². The van der Waals surface area contributed by atoms with Gasteiger partial charge < -0.3 is 15.5 Å². The molecule has 0 bridgehead atoms. The van der Waals surface area contributed by atoms with Gasteiger partial charge in [-0.15, -0.1) is 5.10 Å². The van der Waals surface area contributed by atoms with Crippen LogP contribution in [0.1, 0.15) is 12.0 Å². The monoisotopic (exact) mass is 448 g/mol. The van der Waals surface area contributed by atoms with Gasteiger partial charge in [0.05, 0.1) is 11.9 Å². The molecule has 0 spiro atoms. The number of benzene rings is 2. The fourth-order valence-electron chi connectivity index (χ4n) is 4.06. The summed E-state index contributed by atoms with van der Waals surface area (Å²) >= 11 is 0. The first-order valence-electron chi connectivity index (χ1n) is 10.6. The molecule has 5 rings (SSSR count). The van der Waals surface area contributed by atoms with Crippen LogP contribution in [0, 0.1) is 11.6 Å². The molecule has 1 aliphatic rings. The highest BCUT2D eigenvalue weighted by Crippen LogP contribution is 2.27. The molecular weight excluding hydrogens is 426 g/mol. The van der Waals surface area contributed by atoms with Gasteiger partial charge in [0.15, 0.2) is 5.65 Å². The van der Waals surface area contributed by atoms with Crippen molar-refractivity contribution in [1.82, 2.24) is 14.6 Å². The maximum atomic E-state index is 14.1. The third-order valence-corrected chi connectivity index (χ3v) is 5.78. The molecule has 33 heavy (non-hydrogen) atoms. The Morgan fingerprint density at radius 2 is 1.91 bits per heavy atom. The number of carbonyl (C=O) groups excluding carboxylic acids is 1. The number of hydrogen-bond acceptors (Lipinski definition) is 5. The number of halogens is 2. The summed E-state index contributed by atoms with van der Waals surface area (Å²) in [6.07, 6.45) is 2.08. The van der Waals surface area contributed by atoms with Crippen LogP contribution in [-0.4, -0.2) is 40.1 Å². The lowest BCUT2D eigenvalue weighted by molar-refractivity contribution is -0.117. The summed E-state index contributed by atoms with van der Waals surface area (Å²) < 4.78 is 29.3. The second-order valence-corrected chi connectivity index (χ2v) is 8.21. The Balaban J connectivity index is 1.42. The molecule has 2 N–H and O–H groups in total. The molecule has 1 amide bonds. The third kappa shape index (κ3) is 4.03. The van der Waals surface area contributed by atoms with Gasteiger partial charge in [-0.25, -0.2) is 18.3 Å². The maximum absolute atomic E-state index is 14.1. The van der Waals surface area contributed by atoms with Crippen molar-refractivity contribution in [1.29, 1.82) is 0 Å². The predicted molar refractivity (Wildman–Crippen MR) is 122 cm³/mol. The zero-order valence-corrected chi connectivity index (χ0v) is 17.9. The van der Waals surface area contributed by atoms with E-state index in [-0.39, 0.29) is 24.1 Å². The van der Waals surface area contributed by atoms with E-state index in [0.29, 0.717) is 24.4 Å². The van der Waals surface area contributed by atoms with E-state index in [1.807, 2.05) is 30.3 Å². The zero-order valence-electron chi connectivity index (χ0n) is 17.9. The number of rotatable bonds is 5. The molecule has 168 valence electrons. The lowest BCUT2D eigenvalue weighted by Gasteiger charge is -2.19. The van der Waals surface area contributed by atoms with Crippen molar-refractivity contribution in [2.45, 2.75) is 19.0 Å². The van der Waals surface area contributed by atoms with Gasteiger partial charge in [-0.1, -0.05) is 12.1 Å². The highest BCUT2D eigenvalue weighted by Gasteiger charge is 2.28. The largest absolute Gasteiger partial charge is 0.354 e. The standard InChI is InChI=1S/C24H22F2N6O/c1-30(13-16-10-17(25)4-7-20(16)26)23-9-8-22-28-12-21(32(22)29-23)15-2-5-19(6-3-15)31-14-18(27)11-24(31)33/h2-10,12,18H,11,13-14,27H2,1H3/t18-/m0/s1. The van der Waals surface area contributed by atoms with E-state index in [4.69, 9.17) is 5.73 Å². The highest BCUT2D eigenvalue weighted by atomic mass is 19.1. The minimum atomic E-state index is -0.485. The summed E-state index contributed by atoms with van der Waals surface area (Å²) in [5, 5.41) is 4.66. The van der Waals surface area contributed by atoms with Crippen molar-refractivity contribution < 1.29 is 13.6 Å². The number of fused-ring (bicyclic) bond motifs is 1. The number of anilines is 2. The van der Waals surface area contributed by atoms with Crippen molar-refractivity contribution in [3.63, 3.8) is 0 Å². The average Bonchev–Trinajstić information content (AvgIpc) is 3.38. The number of aromatic nitrogens is 3. The summed E-state index contributed by atoms with van der Waals surface area (Å²) in [4.78, 5) is 20.0. The van der Waals surface area contributed by atoms with Crippen molar-refractivity contribution in [3.8, 4) is 11.3 Å². The van der Waals surface area contributed by atoms with Crippen molar-refractivity contribution in [3.05, 3.63) is 78.0 Å². The molecule has 2 aromatic carbocycles. The van der Waals surface area contributed by atoms with Crippen molar-refractivity contribution >= 4 is 23.1 Å². The topological polar surface area (TPSA) is 79.8 Å². The normalized spacial score (nSPS) is 16.1. The van der Waals surface area contributed by atoms with Gasteiger partial charge in [0.25, 0.3) is 0 Å². The Bertz CT molecular complexity index is 1340. The van der Waals surface area contributed by atoms with Gasteiger partial charge in [0.1, 0.15) is 17.5 Å². The number of amides is 1. The summed E-state index contributed by atoms with van der Waals surface area (Å²) in [5.41, 5.74) is 9.26. The molecule has 1 aliphatic heterocycles. The second-order valence-electron chi connectivity index (χ2n) is 8.21. The van der Waals surface area contributed by atoms with E-state index in [1.54, 1.807) is 33.6 Å². The van der Waals surface area contributed by atoms with E-state index in [9.17, 15) is 13.6 Å². The summed E-state index contributed by atoms with van der Waals surface area (Å²) in [7, 11) is 1.77. The van der Waals surface area contributed by atoms with E-state index >= 15 is 0 Å². The van der Waals surface area contributed by atoms with Gasteiger partial charge in [0, 0.05) is 49.4 Å². The van der Waals surface area contributed by atoms with Crippen LogP contribution in [0.3, 0.4) is 0 Å². The van der Waals surface area contributed by atoms with Crippen LogP contribution < -0.4 is 15.5 Å². The number of carbonyl (C=O) groups is 1. The van der Waals surface area contributed by atoms with E-state index < -0.39 is 11.6 Å². The number of hydrogen-bond donors (Lipinski definition) is 1. The molecule has 1 saturated heterocycles. The number of nitrogens with two attached hydrogens (primary N) is 1. The molecule has 1 atom stereocenters. The van der Waals surface area contributed by atoms with Gasteiger partial charge in [-0.05, 0) is 42.5 Å². The summed E-state index contributed by atoms with van der Waals surface area (Å²) in [5.74, 6) is -0.348. The first-order valence-corrected chi connectivity index (χ1v) is 10.6. The molecule has 9 heteroatoms. The molecule has 3 heterocycles. The SMILES string of the molecule is CN(Cc1cc(F)ccc1F)c1ccc2ncc(-c3ccc(N4C[C@@H](N)CC4=O)cc3)n2n1. The Morgan fingerprint density at radius 1 is 1.12 bits per heavy atom. The summed E-state index contributed by atoms with van der Waals surface area (Å²) in [6.45, 7) is 0.670. The first-order chi connectivity index (χ1) is 15.9.